The zero-order valence-corrected chi connectivity index (χ0v) is 24.2. The summed E-state index contributed by atoms with van der Waals surface area (Å²) in [6.45, 7) is 4.83. The van der Waals surface area contributed by atoms with E-state index in [0.29, 0.717) is 52.2 Å². The van der Waals surface area contributed by atoms with Crippen LogP contribution in [0.25, 0.3) is 11.3 Å². The molecular weight excluding hydrogens is 562 g/mol. The van der Waals surface area contributed by atoms with Crippen molar-refractivity contribution < 1.29 is 22.7 Å². The minimum atomic E-state index is -3.34. The fourth-order valence-electron chi connectivity index (χ4n) is 4.40. The Labute approximate surface area is 242 Å². The molecule has 1 aliphatic rings. The number of ether oxygens (including phenoxy) is 1. The van der Waals surface area contributed by atoms with Gasteiger partial charge in [-0.25, -0.2) is 13.4 Å². The summed E-state index contributed by atoms with van der Waals surface area (Å²) in [5.74, 6) is 0.412. The third kappa shape index (κ3) is 7.15. The van der Waals surface area contributed by atoms with Gasteiger partial charge in [-0.15, -0.1) is 11.3 Å². The molecule has 5 rings (SSSR count). The van der Waals surface area contributed by atoms with Crippen molar-refractivity contribution in [2.24, 2.45) is 0 Å². The van der Waals surface area contributed by atoms with E-state index in [1.165, 1.54) is 23.5 Å². The molecule has 0 bridgehead atoms. The van der Waals surface area contributed by atoms with E-state index < -0.39 is 15.7 Å². The van der Waals surface area contributed by atoms with Gasteiger partial charge in [-0.1, -0.05) is 6.07 Å². The Bertz CT molecular complexity index is 1680. The molecule has 0 saturated carbocycles. The number of aromatic nitrogens is 2. The van der Waals surface area contributed by atoms with Gasteiger partial charge in [-0.05, 0) is 61.0 Å². The number of rotatable bonds is 8. The molecule has 1 aliphatic heterocycles. The number of nitrogens with one attached hydrogen (secondary N) is 2. The fourth-order valence-corrected chi connectivity index (χ4v) is 5.74. The Morgan fingerprint density at radius 3 is 2.54 bits per heavy atom. The van der Waals surface area contributed by atoms with Gasteiger partial charge in [-0.3, -0.25) is 19.9 Å². The third-order valence-corrected chi connectivity index (χ3v) is 8.45. The van der Waals surface area contributed by atoms with Crippen LogP contribution in [0, 0.1) is 6.92 Å². The number of hydrogen-bond donors (Lipinski definition) is 2. The number of aryl methyl sites for hydroxylation is 1. The van der Waals surface area contributed by atoms with E-state index in [0.717, 1.165) is 24.9 Å². The second kappa shape index (κ2) is 12.2. The highest BCUT2D eigenvalue weighted by Gasteiger charge is 2.19. The Hall–Kier alpha value is -4.13. The Morgan fingerprint density at radius 2 is 1.83 bits per heavy atom. The molecule has 2 aromatic carbocycles. The third-order valence-electron chi connectivity index (χ3n) is 6.51. The molecule has 2 aromatic heterocycles. The van der Waals surface area contributed by atoms with Crippen LogP contribution in [-0.2, 0) is 21.1 Å². The van der Waals surface area contributed by atoms with Crippen LogP contribution in [0.1, 0.15) is 21.6 Å². The molecule has 0 aliphatic carbocycles. The maximum absolute atomic E-state index is 13.4. The lowest BCUT2D eigenvalue weighted by atomic mass is 10.0. The van der Waals surface area contributed by atoms with Crippen LogP contribution in [-0.4, -0.2) is 67.5 Å². The highest BCUT2D eigenvalue weighted by atomic mass is 32.2. The zero-order valence-electron chi connectivity index (χ0n) is 22.6. The van der Waals surface area contributed by atoms with Crippen molar-refractivity contribution in [1.82, 2.24) is 20.2 Å². The average molecular weight is 592 g/mol. The monoisotopic (exact) mass is 591 g/mol. The van der Waals surface area contributed by atoms with Crippen molar-refractivity contribution in [3.05, 3.63) is 83.0 Å². The number of nitrogens with zero attached hydrogens (tertiary/aromatic N) is 3. The topological polar surface area (TPSA) is 131 Å². The first-order valence-electron chi connectivity index (χ1n) is 12.9. The molecule has 0 atom stereocenters. The molecule has 1 saturated heterocycles. The van der Waals surface area contributed by atoms with Crippen LogP contribution in [0.3, 0.4) is 0 Å². The lowest BCUT2D eigenvalue weighted by molar-refractivity contribution is -0.131. The van der Waals surface area contributed by atoms with E-state index in [1.807, 2.05) is 24.0 Å². The molecule has 10 nitrogen and oxygen atoms in total. The number of carbonyl (C=O) groups is 2. The van der Waals surface area contributed by atoms with Gasteiger partial charge >= 0.3 is 0 Å². The highest BCUT2D eigenvalue weighted by molar-refractivity contribution is 7.90. The van der Waals surface area contributed by atoms with Crippen LogP contribution < -0.4 is 15.4 Å². The predicted octanol–water partition coefficient (Wildman–Crippen LogP) is 3.94. The number of benzene rings is 2. The van der Waals surface area contributed by atoms with E-state index in [9.17, 15) is 18.0 Å². The van der Waals surface area contributed by atoms with Gasteiger partial charge in [0, 0.05) is 55.1 Å². The van der Waals surface area contributed by atoms with Crippen LogP contribution in [0.4, 0.5) is 5.13 Å². The number of anilines is 1. The molecule has 4 aromatic rings. The Balaban J connectivity index is 1.37. The first kappa shape index (κ1) is 28.4. The summed E-state index contributed by atoms with van der Waals surface area (Å²) in [6.07, 6.45) is 3.00. The number of carbonyl (C=O) groups excluding carboxylic acids is 2. The van der Waals surface area contributed by atoms with E-state index in [1.54, 1.807) is 41.9 Å². The van der Waals surface area contributed by atoms with Crippen molar-refractivity contribution in [1.29, 1.82) is 0 Å². The van der Waals surface area contributed by atoms with Gasteiger partial charge in [-0.2, -0.15) is 0 Å². The molecule has 212 valence electrons. The lowest BCUT2D eigenvalue weighted by Crippen LogP contribution is -2.46. The maximum atomic E-state index is 13.4. The summed E-state index contributed by atoms with van der Waals surface area (Å²) in [5.41, 5.74) is 3.23. The van der Waals surface area contributed by atoms with Gasteiger partial charge in [0.2, 0.25) is 5.91 Å². The van der Waals surface area contributed by atoms with E-state index >= 15 is 0 Å². The molecule has 2 N–H and O–H groups in total. The quantitative estimate of drug-likeness (QED) is 0.315. The summed E-state index contributed by atoms with van der Waals surface area (Å²) < 4.78 is 29.7. The van der Waals surface area contributed by atoms with Crippen LogP contribution in [0.15, 0.2) is 71.1 Å². The molecular formula is C29H29N5O5S2. The van der Waals surface area contributed by atoms with Crippen LogP contribution in [0.5, 0.6) is 11.5 Å². The van der Waals surface area contributed by atoms with Crippen molar-refractivity contribution in [2.75, 3.05) is 37.8 Å². The molecule has 0 unspecified atom stereocenters. The van der Waals surface area contributed by atoms with Crippen molar-refractivity contribution in [2.45, 2.75) is 18.2 Å². The molecule has 12 heteroatoms. The number of sulfone groups is 1. The van der Waals surface area contributed by atoms with E-state index in [4.69, 9.17) is 4.74 Å². The SMILES string of the molecule is Cc1cccnc1-c1cc(Oc2ccc(S(C)(=O)=O)cc2)cc(C(=O)Nc2nc(CC(=O)N3CCNCC3)cs2)c1. The standard InChI is InChI=1S/C29H29N5O5S2/c1-19-4-3-9-31-27(19)20-14-21(16-24(15-20)39-23-5-7-25(8-6-23)41(2,37)38)28(36)33-29-32-22(18-40-29)17-26(35)34-12-10-30-11-13-34/h3-9,14-16,18,30H,10-13,17H2,1-2H3,(H,32,33,36). The van der Waals surface area contributed by atoms with Gasteiger partial charge in [0.05, 0.1) is 22.7 Å². The minimum Gasteiger partial charge on any atom is -0.457 e. The van der Waals surface area contributed by atoms with E-state index in [-0.39, 0.29) is 17.2 Å². The molecule has 1 fully saturated rings. The predicted molar refractivity (Wildman–Crippen MR) is 157 cm³/mol. The normalized spacial score (nSPS) is 13.6. The fraction of sp³-hybridized carbons (Fsp3) is 0.241. The van der Waals surface area contributed by atoms with Gasteiger partial charge < -0.3 is 15.0 Å². The summed E-state index contributed by atoms with van der Waals surface area (Å²) >= 11 is 1.26. The maximum Gasteiger partial charge on any atom is 0.257 e. The largest absolute Gasteiger partial charge is 0.457 e. The Kier molecular flexibility index (Phi) is 8.43. The molecule has 0 radical (unpaired) electrons. The van der Waals surface area contributed by atoms with Crippen molar-refractivity contribution >= 4 is 38.1 Å². The van der Waals surface area contributed by atoms with Gasteiger partial charge in [0.25, 0.3) is 5.91 Å². The molecule has 2 amide bonds. The Morgan fingerprint density at radius 1 is 1.07 bits per heavy atom. The summed E-state index contributed by atoms with van der Waals surface area (Å²) in [5, 5.41) is 8.22. The first-order valence-corrected chi connectivity index (χ1v) is 15.7. The highest BCUT2D eigenvalue weighted by Crippen LogP contribution is 2.31. The first-order chi connectivity index (χ1) is 19.7. The summed E-state index contributed by atoms with van der Waals surface area (Å²) in [6, 6.07) is 14.9. The van der Waals surface area contributed by atoms with Gasteiger partial charge in [0.1, 0.15) is 11.5 Å². The van der Waals surface area contributed by atoms with Crippen LogP contribution >= 0.6 is 11.3 Å². The molecule has 0 spiro atoms. The number of thiazole rings is 1. The summed E-state index contributed by atoms with van der Waals surface area (Å²) in [4.78, 5) is 36.9. The summed E-state index contributed by atoms with van der Waals surface area (Å²) in [7, 11) is -3.34. The minimum absolute atomic E-state index is 0.0134. The number of pyridine rings is 1. The smallest absolute Gasteiger partial charge is 0.257 e. The number of piperazine rings is 1. The number of hydrogen-bond acceptors (Lipinski definition) is 9. The number of amides is 2. The van der Waals surface area contributed by atoms with Gasteiger partial charge in [0.15, 0.2) is 15.0 Å². The van der Waals surface area contributed by atoms with Crippen molar-refractivity contribution in [3.8, 4) is 22.8 Å². The second-order valence-corrected chi connectivity index (χ2v) is 12.5. The molecule has 3 heterocycles. The second-order valence-electron chi connectivity index (χ2n) is 9.67. The zero-order chi connectivity index (χ0) is 29.0. The average Bonchev–Trinajstić information content (AvgIpc) is 3.39. The van der Waals surface area contributed by atoms with Crippen LogP contribution in [0.2, 0.25) is 0 Å². The lowest BCUT2D eigenvalue weighted by Gasteiger charge is -2.27. The van der Waals surface area contributed by atoms with E-state index in [2.05, 4.69) is 20.6 Å². The van der Waals surface area contributed by atoms with Crippen molar-refractivity contribution in [3.63, 3.8) is 0 Å². The molecule has 41 heavy (non-hydrogen) atoms.